The van der Waals surface area contributed by atoms with Gasteiger partial charge in [0.05, 0.1) is 5.60 Å². The molecule has 1 heterocycles. The van der Waals surface area contributed by atoms with E-state index in [0.29, 0.717) is 12.2 Å². The van der Waals surface area contributed by atoms with Gasteiger partial charge in [0.15, 0.2) is 0 Å². The van der Waals surface area contributed by atoms with Crippen LogP contribution in [-0.2, 0) is 0 Å². The lowest BCUT2D eigenvalue weighted by Crippen LogP contribution is -2.42. The Morgan fingerprint density at radius 2 is 2.25 bits per heavy atom. The quantitative estimate of drug-likeness (QED) is 0.812. The van der Waals surface area contributed by atoms with Crippen molar-refractivity contribution in [2.24, 2.45) is 0 Å². The van der Waals surface area contributed by atoms with Crippen LogP contribution >= 0.6 is 0 Å². The number of nitrogens with zero attached hydrogens (tertiary/aromatic N) is 1. The van der Waals surface area contributed by atoms with Crippen LogP contribution in [0.1, 0.15) is 36.2 Å². The molecule has 4 nitrogen and oxygen atoms in total. The first kappa shape index (κ1) is 11.2. The molecule has 1 aliphatic carbocycles. The number of aliphatic hydroxyl groups is 1. The number of rotatable bonds is 3. The molecule has 2 rings (SSSR count). The second-order valence-electron chi connectivity index (χ2n) is 4.68. The summed E-state index contributed by atoms with van der Waals surface area (Å²) in [6, 6.07) is 3.54. The van der Waals surface area contributed by atoms with Crippen LogP contribution in [0.3, 0.4) is 0 Å². The average Bonchev–Trinajstić information content (AvgIpc) is 2.87. The Kier molecular flexibility index (Phi) is 3.01. The molecule has 1 aromatic rings. The lowest BCUT2D eigenvalue weighted by Gasteiger charge is -2.28. The number of carbonyl (C=O) groups is 1. The largest absolute Gasteiger partial charge is 0.388 e. The van der Waals surface area contributed by atoms with Gasteiger partial charge in [0, 0.05) is 19.8 Å². The molecule has 1 amide bonds. The highest BCUT2D eigenvalue weighted by molar-refractivity contribution is 5.92. The molecule has 0 atom stereocenters. The summed E-state index contributed by atoms with van der Waals surface area (Å²) in [6.07, 6.45) is 5.44. The fraction of sp³-hybridized carbons (Fsp3) is 0.583. The topological polar surface area (TPSA) is 56.3 Å². The fourth-order valence-corrected chi connectivity index (χ4v) is 2.37. The molecular weight excluding hydrogens is 204 g/mol. The van der Waals surface area contributed by atoms with Gasteiger partial charge in [-0.1, -0.05) is 12.8 Å². The minimum atomic E-state index is -0.670. The van der Waals surface area contributed by atoms with E-state index in [4.69, 9.17) is 0 Å². The van der Waals surface area contributed by atoms with E-state index in [1.54, 1.807) is 30.3 Å². The zero-order valence-corrected chi connectivity index (χ0v) is 9.57. The summed E-state index contributed by atoms with van der Waals surface area (Å²) in [5.41, 5.74) is -0.0964. The second kappa shape index (κ2) is 4.29. The molecule has 0 unspecified atom stereocenters. The van der Waals surface area contributed by atoms with Gasteiger partial charge in [-0.2, -0.15) is 0 Å². The van der Waals surface area contributed by atoms with E-state index in [1.165, 1.54) is 0 Å². The van der Waals surface area contributed by atoms with Crippen molar-refractivity contribution in [1.82, 2.24) is 9.88 Å². The molecule has 0 aliphatic heterocycles. The highest BCUT2D eigenvalue weighted by Gasteiger charge is 2.33. The number of aromatic nitrogens is 1. The summed E-state index contributed by atoms with van der Waals surface area (Å²) in [5, 5.41) is 10.2. The Hall–Kier alpha value is -1.29. The van der Waals surface area contributed by atoms with E-state index in [2.05, 4.69) is 4.98 Å². The lowest BCUT2D eigenvalue weighted by atomic mass is 10.0. The minimum absolute atomic E-state index is 0.0645. The first-order chi connectivity index (χ1) is 7.61. The smallest absolute Gasteiger partial charge is 0.270 e. The molecule has 88 valence electrons. The number of hydrogen-bond donors (Lipinski definition) is 2. The first-order valence-corrected chi connectivity index (χ1v) is 5.72. The standard InChI is InChI=1S/C12H18N2O2/c1-14(9-12(16)6-2-3-7-12)11(15)10-5-4-8-13-10/h4-5,8,13,16H,2-3,6-7,9H2,1H3. The molecule has 2 N–H and O–H groups in total. The van der Waals surface area contributed by atoms with E-state index in [1.807, 2.05) is 0 Å². The van der Waals surface area contributed by atoms with Crippen molar-refractivity contribution < 1.29 is 9.90 Å². The minimum Gasteiger partial charge on any atom is -0.388 e. The van der Waals surface area contributed by atoms with Crippen molar-refractivity contribution in [1.29, 1.82) is 0 Å². The molecule has 1 aliphatic rings. The van der Waals surface area contributed by atoms with Crippen LogP contribution in [0.5, 0.6) is 0 Å². The third-order valence-electron chi connectivity index (χ3n) is 3.24. The van der Waals surface area contributed by atoms with Gasteiger partial charge in [-0.25, -0.2) is 0 Å². The number of amides is 1. The lowest BCUT2D eigenvalue weighted by molar-refractivity contribution is 0.0155. The van der Waals surface area contributed by atoms with E-state index in [-0.39, 0.29) is 5.91 Å². The van der Waals surface area contributed by atoms with E-state index in [0.717, 1.165) is 25.7 Å². The van der Waals surface area contributed by atoms with E-state index < -0.39 is 5.60 Å². The monoisotopic (exact) mass is 222 g/mol. The normalized spacial score (nSPS) is 18.6. The predicted molar refractivity (Wildman–Crippen MR) is 61.2 cm³/mol. The van der Waals surface area contributed by atoms with Crippen molar-refractivity contribution in [2.75, 3.05) is 13.6 Å². The van der Waals surface area contributed by atoms with Crippen LogP contribution in [0, 0.1) is 0 Å². The highest BCUT2D eigenvalue weighted by atomic mass is 16.3. The fourth-order valence-electron chi connectivity index (χ4n) is 2.37. The van der Waals surface area contributed by atoms with Crippen LogP contribution in [0.15, 0.2) is 18.3 Å². The SMILES string of the molecule is CN(CC1(O)CCCC1)C(=O)c1ccc[nH]1. The summed E-state index contributed by atoms with van der Waals surface area (Å²) in [6.45, 7) is 0.421. The Labute approximate surface area is 95.3 Å². The Morgan fingerprint density at radius 3 is 2.81 bits per heavy atom. The third-order valence-corrected chi connectivity index (χ3v) is 3.24. The number of hydrogen-bond acceptors (Lipinski definition) is 2. The molecule has 1 saturated carbocycles. The van der Waals surface area contributed by atoms with Gasteiger partial charge < -0.3 is 15.0 Å². The van der Waals surface area contributed by atoms with Gasteiger partial charge in [-0.15, -0.1) is 0 Å². The number of carbonyl (C=O) groups excluding carboxylic acids is 1. The van der Waals surface area contributed by atoms with Gasteiger partial charge in [0.1, 0.15) is 5.69 Å². The van der Waals surface area contributed by atoms with Crippen LogP contribution in [0.25, 0.3) is 0 Å². The van der Waals surface area contributed by atoms with Gasteiger partial charge >= 0.3 is 0 Å². The molecule has 0 saturated heterocycles. The van der Waals surface area contributed by atoms with Crippen LogP contribution in [0.2, 0.25) is 0 Å². The molecule has 0 spiro atoms. The van der Waals surface area contributed by atoms with E-state index in [9.17, 15) is 9.90 Å². The van der Waals surface area contributed by atoms with Gasteiger partial charge in [0.2, 0.25) is 0 Å². The van der Waals surface area contributed by atoms with Crippen molar-refractivity contribution in [3.05, 3.63) is 24.0 Å². The Morgan fingerprint density at radius 1 is 1.56 bits per heavy atom. The summed E-state index contributed by atoms with van der Waals surface area (Å²) < 4.78 is 0. The number of aromatic amines is 1. The maximum atomic E-state index is 11.9. The molecular formula is C12H18N2O2. The Bertz CT molecular complexity index is 353. The van der Waals surface area contributed by atoms with Crippen molar-refractivity contribution in [3.8, 4) is 0 Å². The molecule has 1 fully saturated rings. The Balaban J connectivity index is 1.97. The van der Waals surface area contributed by atoms with Crippen LogP contribution in [0.4, 0.5) is 0 Å². The number of nitrogens with one attached hydrogen (secondary N) is 1. The first-order valence-electron chi connectivity index (χ1n) is 5.72. The van der Waals surface area contributed by atoms with Crippen molar-refractivity contribution in [3.63, 3.8) is 0 Å². The second-order valence-corrected chi connectivity index (χ2v) is 4.68. The van der Waals surface area contributed by atoms with Gasteiger partial charge in [-0.05, 0) is 25.0 Å². The zero-order chi connectivity index (χ0) is 11.6. The van der Waals surface area contributed by atoms with Crippen LogP contribution in [-0.4, -0.2) is 40.1 Å². The molecule has 4 heteroatoms. The molecule has 0 radical (unpaired) electrons. The number of H-pyrrole nitrogens is 1. The summed E-state index contributed by atoms with van der Waals surface area (Å²) in [4.78, 5) is 16.4. The maximum absolute atomic E-state index is 11.9. The summed E-state index contributed by atoms with van der Waals surface area (Å²) in [7, 11) is 1.74. The zero-order valence-electron chi connectivity index (χ0n) is 9.57. The highest BCUT2D eigenvalue weighted by Crippen LogP contribution is 2.30. The third kappa shape index (κ3) is 2.27. The average molecular weight is 222 g/mol. The predicted octanol–water partition coefficient (Wildman–Crippen LogP) is 1.39. The number of likely N-dealkylation sites (N-methyl/N-ethyl adjacent to an activating group) is 1. The summed E-state index contributed by atoms with van der Waals surface area (Å²) >= 11 is 0. The van der Waals surface area contributed by atoms with Crippen LogP contribution < -0.4 is 0 Å². The van der Waals surface area contributed by atoms with Gasteiger partial charge in [-0.3, -0.25) is 4.79 Å². The van der Waals surface area contributed by atoms with Gasteiger partial charge in [0.25, 0.3) is 5.91 Å². The summed E-state index contributed by atoms with van der Waals surface area (Å²) in [5.74, 6) is -0.0645. The molecule has 16 heavy (non-hydrogen) atoms. The molecule has 0 bridgehead atoms. The van der Waals surface area contributed by atoms with Crippen molar-refractivity contribution in [2.45, 2.75) is 31.3 Å². The maximum Gasteiger partial charge on any atom is 0.270 e. The molecule has 1 aromatic heterocycles. The van der Waals surface area contributed by atoms with Crippen molar-refractivity contribution >= 4 is 5.91 Å². The van der Waals surface area contributed by atoms with E-state index >= 15 is 0 Å². The molecule has 0 aromatic carbocycles.